The van der Waals surface area contributed by atoms with E-state index in [9.17, 15) is 14.3 Å². The van der Waals surface area contributed by atoms with Crippen molar-refractivity contribution < 1.29 is 14.3 Å². The Bertz CT molecular complexity index is 1030. The van der Waals surface area contributed by atoms with Gasteiger partial charge < -0.3 is 10.0 Å². The second-order valence-electron chi connectivity index (χ2n) is 6.88. The maximum atomic E-state index is 13.5. The van der Waals surface area contributed by atoms with E-state index < -0.39 is 11.9 Å². The third kappa shape index (κ3) is 3.27. The number of hydrogen-bond donors (Lipinski definition) is 1. The van der Waals surface area contributed by atoms with Gasteiger partial charge in [0.15, 0.2) is 5.76 Å². The van der Waals surface area contributed by atoms with Crippen molar-refractivity contribution in [3.05, 3.63) is 107 Å². The number of amides is 1. The largest absolute Gasteiger partial charge is 0.503 e. The molecule has 1 atom stereocenters. The molecule has 3 aromatic rings. The summed E-state index contributed by atoms with van der Waals surface area (Å²) in [5.41, 5.74) is 3.96. The van der Waals surface area contributed by atoms with Gasteiger partial charge in [-0.15, -0.1) is 0 Å². The van der Waals surface area contributed by atoms with Crippen LogP contribution in [0.2, 0.25) is 0 Å². The van der Waals surface area contributed by atoms with E-state index in [4.69, 9.17) is 0 Å². The average molecular weight is 374 g/mol. The van der Waals surface area contributed by atoms with Crippen LogP contribution in [0.15, 0.2) is 78.8 Å². The molecule has 4 nitrogen and oxygen atoms in total. The number of aryl methyl sites for hydroxylation is 1. The quantitative estimate of drug-likeness (QED) is 0.727. The molecule has 140 valence electrons. The van der Waals surface area contributed by atoms with Crippen LogP contribution in [0.25, 0.3) is 5.57 Å². The molecule has 0 fully saturated rings. The molecule has 1 N–H and O–H groups in total. The lowest BCUT2D eigenvalue weighted by atomic mass is 9.93. The fourth-order valence-electron chi connectivity index (χ4n) is 3.52. The SMILES string of the molecule is Cc1ccc(C2=C(O)C(=O)N(Cc3cccnc3)[C@@H]2c2ccc(F)cc2)cc1. The minimum Gasteiger partial charge on any atom is -0.503 e. The Balaban J connectivity index is 1.81. The van der Waals surface area contributed by atoms with Crippen molar-refractivity contribution in [3.8, 4) is 0 Å². The number of carbonyl (C=O) groups excluding carboxylic acids is 1. The third-order valence-electron chi connectivity index (χ3n) is 4.93. The second kappa shape index (κ2) is 7.27. The Hall–Kier alpha value is -3.47. The monoisotopic (exact) mass is 374 g/mol. The fraction of sp³-hybridized carbons (Fsp3) is 0.130. The summed E-state index contributed by atoms with van der Waals surface area (Å²) in [7, 11) is 0. The van der Waals surface area contributed by atoms with Crippen molar-refractivity contribution in [1.82, 2.24) is 9.88 Å². The van der Waals surface area contributed by atoms with E-state index in [0.717, 1.165) is 22.3 Å². The number of aliphatic hydroxyl groups is 1. The maximum absolute atomic E-state index is 13.5. The van der Waals surface area contributed by atoms with Crippen LogP contribution in [0.4, 0.5) is 4.39 Å². The first-order chi connectivity index (χ1) is 13.5. The van der Waals surface area contributed by atoms with Crippen LogP contribution >= 0.6 is 0 Å². The molecular formula is C23H19FN2O2. The molecule has 28 heavy (non-hydrogen) atoms. The summed E-state index contributed by atoms with van der Waals surface area (Å²) in [6.07, 6.45) is 3.36. The van der Waals surface area contributed by atoms with E-state index in [2.05, 4.69) is 4.98 Å². The number of aliphatic hydroxyl groups excluding tert-OH is 1. The number of carbonyl (C=O) groups is 1. The molecule has 1 amide bonds. The Morgan fingerprint density at radius 2 is 1.79 bits per heavy atom. The van der Waals surface area contributed by atoms with Gasteiger partial charge in [-0.25, -0.2) is 4.39 Å². The lowest BCUT2D eigenvalue weighted by Crippen LogP contribution is -2.29. The average Bonchev–Trinajstić information content (AvgIpc) is 2.95. The van der Waals surface area contributed by atoms with E-state index in [1.807, 2.05) is 37.3 Å². The van der Waals surface area contributed by atoms with Crippen molar-refractivity contribution >= 4 is 11.5 Å². The van der Waals surface area contributed by atoms with Crippen molar-refractivity contribution in [3.63, 3.8) is 0 Å². The molecule has 0 aliphatic carbocycles. The first kappa shape index (κ1) is 17.9. The van der Waals surface area contributed by atoms with Gasteiger partial charge in [-0.05, 0) is 41.8 Å². The second-order valence-corrected chi connectivity index (χ2v) is 6.88. The maximum Gasteiger partial charge on any atom is 0.290 e. The normalized spacial score (nSPS) is 16.7. The summed E-state index contributed by atoms with van der Waals surface area (Å²) in [5, 5.41) is 10.7. The number of benzene rings is 2. The number of pyridine rings is 1. The molecule has 1 aliphatic heterocycles. The summed E-state index contributed by atoms with van der Waals surface area (Å²) < 4.78 is 13.5. The molecule has 0 unspecified atom stereocenters. The molecule has 2 aromatic carbocycles. The molecule has 0 bridgehead atoms. The zero-order valence-corrected chi connectivity index (χ0v) is 15.3. The van der Waals surface area contributed by atoms with Gasteiger partial charge in [-0.1, -0.05) is 48.0 Å². The van der Waals surface area contributed by atoms with Gasteiger partial charge in [0.25, 0.3) is 5.91 Å². The van der Waals surface area contributed by atoms with E-state index in [0.29, 0.717) is 5.57 Å². The molecule has 4 rings (SSSR count). The molecular weight excluding hydrogens is 355 g/mol. The molecule has 0 saturated heterocycles. The summed E-state index contributed by atoms with van der Waals surface area (Å²) in [6.45, 7) is 2.26. The summed E-state index contributed by atoms with van der Waals surface area (Å²) >= 11 is 0. The zero-order valence-electron chi connectivity index (χ0n) is 15.3. The van der Waals surface area contributed by atoms with Gasteiger partial charge in [-0.2, -0.15) is 0 Å². The molecule has 5 heteroatoms. The first-order valence-corrected chi connectivity index (χ1v) is 9.00. The highest BCUT2D eigenvalue weighted by atomic mass is 19.1. The molecule has 0 spiro atoms. The number of hydrogen-bond acceptors (Lipinski definition) is 3. The molecule has 0 radical (unpaired) electrons. The number of rotatable bonds is 4. The van der Waals surface area contributed by atoms with Crippen LogP contribution in [0, 0.1) is 12.7 Å². The van der Waals surface area contributed by atoms with Crippen LogP contribution in [0.1, 0.15) is 28.3 Å². The highest BCUT2D eigenvalue weighted by Crippen LogP contribution is 2.43. The lowest BCUT2D eigenvalue weighted by molar-refractivity contribution is -0.130. The lowest BCUT2D eigenvalue weighted by Gasteiger charge is -2.27. The Kier molecular flexibility index (Phi) is 4.65. The van der Waals surface area contributed by atoms with Crippen LogP contribution in [-0.4, -0.2) is 20.9 Å². The van der Waals surface area contributed by atoms with Gasteiger partial charge in [0.1, 0.15) is 5.82 Å². The van der Waals surface area contributed by atoms with Crippen molar-refractivity contribution in [2.45, 2.75) is 19.5 Å². The minimum atomic E-state index is -0.518. The minimum absolute atomic E-state index is 0.276. The topological polar surface area (TPSA) is 53.4 Å². The number of nitrogens with zero attached hydrogens (tertiary/aromatic N) is 2. The standard InChI is InChI=1S/C23H19FN2O2/c1-15-4-6-17(7-5-15)20-21(18-8-10-19(24)11-9-18)26(23(28)22(20)27)14-16-3-2-12-25-13-16/h2-13,21,27H,14H2,1H3/t21-/m1/s1. The van der Waals surface area contributed by atoms with E-state index in [-0.39, 0.29) is 18.1 Å². The van der Waals surface area contributed by atoms with E-state index in [1.54, 1.807) is 35.5 Å². The van der Waals surface area contributed by atoms with Crippen LogP contribution in [0.5, 0.6) is 0 Å². The van der Waals surface area contributed by atoms with Crippen LogP contribution in [-0.2, 0) is 11.3 Å². The Morgan fingerprint density at radius 1 is 1.07 bits per heavy atom. The van der Waals surface area contributed by atoms with Gasteiger partial charge >= 0.3 is 0 Å². The van der Waals surface area contributed by atoms with Gasteiger partial charge in [0, 0.05) is 24.5 Å². The zero-order chi connectivity index (χ0) is 19.7. The molecule has 1 aliphatic rings. The molecule has 1 aromatic heterocycles. The molecule has 2 heterocycles. The first-order valence-electron chi connectivity index (χ1n) is 9.00. The third-order valence-corrected chi connectivity index (χ3v) is 4.93. The Labute approximate surface area is 162 Å². The molecule has 0 saturated carbocycles. The summed E-state index contributed by atoms with van der Waals surface area (Å²) in [4.78, 5) is 18.6. The van der Waals surface area contributed by atoms with Gasteiger partial charge in [-0.3, -0.25) is 9.78 Å². The van der Waals surface area contributed by atoms with Gasteiger partial charge in [0.05, 0.1) is 6.04 Å². The van der Waals surface area contributed by atoms with Crippen molar-refractivity contribution in [1.29, 1.82) is 0 Å². The Morgan fingerprint density at radius 3 is 2.43 bits per heavy atom. The highest BCUT2D eigenvalue weighted by Gasteiger charge is 2.40. The predicted octanol–water partition coefficient (Wildman–Crippen LogP) is 4.58. The highest BCUT2D eigenvalue weighted by molar-refractivity contribution is 6.05. The summed E-state index contributed by atoms with van der Waals surface area (Å²) in [6, 6.07) is 16.8. The van der Waals surface area contributed by atoms with Crippen LogP contribution < -0.4 is 0 Å². The van der Waals surface area contributed by atoms with E-state index in [1.165, 1.54) is 12.1 Å². The van der Waals surface area contributed by atoms with E-state index >= 15 is 0 Å². The van der Waals surface area contributed by atoms with Crippen molar-refractivity contribution in [2.75, 3.05) is 0 Å². The van der Waals surface area contributed by atoms with Gasteiger partial charge in [0.2, 0.25) is 0 Å². The predicted molar refractivity (Wildman–Crippen MR) is 105 cm³/mol. The number of aromatic nitrogens is 1. The smallest absolute Gasteiger partial charge is 0.290 e. The van der Waals surface area contributed by atoms with Crippen molar-refractivity contribution in [2.24, 2.45) is 0 Å². The summed E-state index contributed by atoms with van der Waals surface area (Å²) in [5.74, 6) is -1.08. The fourth-order valence-corrected chi connectivity index (χ4v) is 3.52. The van der Waals surface area contributed by atoms with Crippen LogP contribution in [0.3, 0.4) is 0 Å². The number of halogens is 1.